The Morgan fingerprint density at radius 3 is 2.64 bits per heavy atom. The van der Waals surface area contributed by atoms with Gasteiger partial charge >= 0.3 is 0 Å². The van der Waals surface area contributed by atoms with E-state index < -0.39 is 0 Å². The molecule has 1 fully saturated rings. The van der Waals surface area contributed by atoms with Crippen LogP contribution >= 0.6 is 15.9 Å². The topological polar surface area (TPSA) is 3.24 Å². The van der Waals surface area contributed by atoms with Crippen LogP contribution in [0.5, 0.6) is 0 Å². The Balaban J connectivity index is 2.13. The van der Waals surface area contributed by atoms with Gasteiger partial charge in [-0.15, -0.1) is 0 Å². The van der Waals surface area contributed by atoms with E-state index in [-0.39, 0.29) is 0 Å². The minimum absolute atomic E-state index is 0.565. The van der Waals surface area contributed by atoms with Crippen molar-refractivity contribution in [2.45, 2.75) is 25.8 Å². The van der Waals surface area contributed by atoms with Gasteiger partial charge in [-0.05, 0) is 50.6 Å². The van der Waals surface area contributed by atoms with Crippen molar-refractivity contribution in [2.24, 2.45) is 0 Å². The molecule has 1 aromatic carbocycles. The number of benzene rings is 1. The largest absolute Gasteiger partial charge is 0.297 e. The van der Waals surface area contributed by atoms with Crippen molar-refractivity contribution in [3.05, 3.63) is 34.3 Å². The lowest BCUT2D eigenvalue weighted by Gasteiger charge is -2.24. The highest BCUT2D eigenvalue weighted by Crippen LogP contribution is 2.26. The highest BCUT2D eigenvalue weighted by molar-refractivity contribution is 9.10. The quantitative estimate of drug-likeness (QED) is 0.779. The summed E-state index contributed by atoms with van der Waals surface area (Å²) in [7, 11) is 0. The number of halogens is 1. The van der Waals surface area contributed by atoms with Crippen molar-refractivity contribution in [3.63, 3.8) is 0 Å². The standard InChI is InChI=1S/C12H16BrN/c1-10(14-7-2-3-8-14)11-5-4-6-12(13)9-11/h4-6,9-10H,2-3,7-8H2,1H3/t10-/m1/s1. The van der Waals surface area contributed by atoms with Crippen LogP contribution in [-0.4, -0.2) is 18.0 Å². The fraction of sp³-hybridized carbons (Fsp3) is 0.500. The molecule has 0 aromatic heterocycles. The van der Waals surface area contributed by atoms with Gasteiger partial charge in [0.1, 0.15) is 0 Å². The van der Waals surface area contributed by atoms with E-state index in [1.54, 1.807) is 0 Å². The molecule has 1 aliphatic rings. The number of hydrogen-bond acceptors (Lipinski definition) is 1. The molecule has 0 bridgehead atoms. The lowest BCUT2D eigenvalue weighted by molar-refractivity contribution is 0.263. The zero-order chi connectivity index (χ0) is 9.97. The molecular formula is C12H16BrN. The average Bonchev–Trinajstić information content (AvgIpc) is 2.69. The van der Waals surface area contributed by atoms with Gasteiger partial charge in [0.25, 0.3) is 0 Å². The maximum Gasteiger partial charge on any atom is 0.0320 e. The summed E-state index contributed by atoms with van der Waals surface area (Å²) in [5.41, 5.74) is 1.42. The molecule has 0 unspecified atom stereocenters. The van der Waals surface area contributed by atoms with Crippen LogP contribution < -0.4 is 0 Å². The second kappa shape index (κ2) is 4.45. The molecule has 0 aliphatic carbocycles. The van der Waals surface area contributed by atoms with Gasteiger partial charge in [0.05, 0.1) is 0 Å². The van der Waals surface area contributed by atoms with E-state index in [0.717, 1.165) is 0 Å². The third-order valence-corrected chi connectivity index (χ3v) is 3.51. The molecule has 0 radical (unpaired) electrons. The van der Waals surface area contributed by atoms with E-state index >= 15 is 0 Å². The predicted octanol–water partition coefficient (Wildman–Crippen LogP) is 3.61. The Kier molecular flexibility index (Phi) is 3.24. The van der Waals surface area contributed by atoms with E-state index in [1.165, 1.54) is 36.0 Å². The molecule has 2 heteroatoms. The summed E-state index contributed by atoms with van der Waals surface area (Å²) < 4.78 is 1.18. The summed E-state index contributed by atoms with van der Waals surface area (Å²) in [6, 6.07) is 9.21. The molecule has 1 heterocycles. The summed E-state index contributed by atoms with van der Waals surface area (Å²) in [4.78, 5) is 2.56. The molecule has 1 aliphatic heterocycles. The zero-order valence-electron chi connectivity index (χ0n) is 8.54. The van der Waals surface area contributed by atoms with Crippen molar-refractivity contribution in [1.82, 2.24) is 4.90 Å². The first-order chi connectivity index (χ1) is 6.77. The Bertz CT molecular complexity index is 305. The molecular weight excluding hydrogens is 238 g/mol. The first-order valence-electron chi connectivity index (χ1n) is 5.27. The van der Waals surface area contributed by atoms with Gasteiger partial charge in [-0.2, -0.15) is 0 Å². The highest BCUT2D eigenvalue weighted by atomic mass is 79.9. The fourth-order valence-electron chi connectivity index (χ4n) is 2.11. The van der Waals surface area contributed by atoms with E-state index in [9.17, 15) is 0 Å². The number of rotatable bonds is 2. The highest BCUT2D eigenvalue weighted by Gasteiger charge is 2.18. The molecule has 14 heavy (non-hydrogen) atoms. The van der Waals surface area contributed by atoms with E-state index in [4.69, 9.17) is 0 Å². The molecule has 0 amide bonds. The molecule has 1 saturated heterocycles. The van der Waals surface area contributed by atoms with Gasteiger partial charge in [0, 0.05) is 10.5 Å². The summed E-state index contributed by atoms with van der Waals surface area (Å²) in [6.07, 6.45) is 2.72. The van der Waals surface area contributed by atoms with Gasteiger partial charge in [-0.1, -0.05) is 28.1 Å². The van der Waals surface area contributed by atoms with Gasteiger partial charge < -0.3 is 0 Å². The minimum Gasteiger partial charge on any atom is -0.297 e. The van der Waals surface area contributed by atoms with Crippen LogP contribution in [0.4, 0.5) is 0 Å². The summed E-state index contributed by atoms with van der Waals surface area (Å²) >= 11 is 3.52. The number of likely N-dealkylation sites (tertiary alicyclic amines) is 1. The van der Waals surface area contributed by atoms with Crippen molar-refractivity contribution in [1.29, 1.82) is 0 Å². The van der Waals surface area contributed by atoms with Crippen LogP contribution in [0.1, 0.15) is 31.4 Å². The van der Waals surface area contributed by atoms with Crippen LogP contribution in [0.25, 0.3) is 0 Å². The van der Waals surface area contributed by atoms with Crippen molar-refractivity contribution in [2.75, 3.05) is 13.1 Å². The first kappa shape index (κ1) is 10.2. The van der Waals surface area contributed by atoms with Gasteiger partial charge in [-0.25, -0.2) is 0 Å². The van der Waals surface area contributed by atoms with Crippen molar-refractivity contribution >= 4 is 15.9 Å². The smallest absolute Gasteiger partial charge is 0.0320 e. The van der Waals surface area contributed by atoms with Crippen LogP contribution in [0.3, 0.4) is 0 Å². The molecule has 0 saturated carbocycles. The number of nitrogens with zero attached hydrogens (tertiary/aromatic N) is 1. The molecule has 0 N–H and O–H groups in total. The lowest BCUT2D eigenvalue weighted by atomic mass is 10.1. The second-order valence-corrected chi connectivity index (χ2v) is 4.89. The number of hydrogen-bond donors (Lipinski definition) is 0. The van der Waals surface area contributed by atoms with Crippen molar-refractivity contribution < 1.29 is 0 Å². The van der Waals surface area contributed by atoms with Crippen molar-refractivity contribution in [3.8, 4) is 0 Å². The zero-order valence-corrected chi connectivity index (χ0v) is 10.1. The fourth-order valence-corrected chi connectivity index (χ4v) is 2.52. The lowest BCUT2D eigenvalue weighted by Crippen LogP contribution is -2.23. The Morgan fingerprint density at radius 2 is 2.00 bits per heavy atom. The summed E-state index contributed by atoms with van der Waals surface area (Å²) in [5.74, 6) is 0. The van der Waals surface area contributed by atoms with E-state index in [1.807, 2.05) is 0 Å². The first-order valence-corrected chi connectivity index (χ1v) is 6.06. The molecule has 1 aromatic rings. The van der Waals surface area contributed by atoms with Crippen LogP contribution in [-0.2, 0) is 0 Å². The normalized spacial score (nSPS) is 19.9. The monoisotopic (exact) mass is 253 g/mol. The maximum absolute atomic E-state index is 3.52. The Hall–Kier alpha value is -0.340. The van der Waals surface area contributed by atoms with E-state index in [0.29, 0.717) is 6.04 Å². The van der Waals surface area contributed by atoms with Crippen LogP contribution in [0.2, 0.25) is 0 Å². The van der Waals surface area contributed by atoms with Crippen LogP contribution in [0, 0.1) is 0 Å². The third kappa shape index (κ3) is 2.18. The van der Waals surface area contributed by atoms with Crippen LogP contribution in [0.15, 0.2) is 28.7 Å². The summed E-state index contributed by atoms with van der Waals surface area (Å²) in [6.45, 7) is 4.81. The Morgan fingerprint density at radius 1 is 1.29 bits per heavy atom. The minimum atomic E-state index is 0.565. The second-order valence-electron chi connectivity index (χ2n) is 3.97. The molecule has 2 rings (SSSR count). The molecule has 1 atom stereocenters. The SMILES string of the molecule is C[C@H](c1cccc(Br)c1)N1CCCC1. The van der Waals surface area contributed by atoms with Gasteiger partial charge in [-0.3, -0.25) is 4.90 Å². The van der Waals surface area contributed by atoms with E-state index in [2.05, 4.69) is 52.0 Å². The summed E-state index contributed by atoms with van der Waals surface area (Å²) in [5, 5.41) is 0. The Labute approximate surface area is 94.2 Å². The maximum atomic E-state index is 3.52. The molecule has 76 valence electrons. The average molecular weight is 254 g/mol. The predicted molar refractivity (Wildman–Crippen MR) is 63.4 cm³/mol. The van der Waals surface area contributed by atoms with Gasteiger partial charge in [0.15, 0.2) is 0 Å². The molecule has 1 nitrogen and oxygen atoms in total. The van der Waals surface area contributed by atoms with Gasteiger partial charge in [0.2, 0.25) is 0 Å². The molecule has 0 spiro atoms. The third-order valence-electron chi connectivity index (χ3n) is 3.02.